The van der Waals surface area contributed by atoms with E-state index in [1.54, 1.807) is 24.7 Å². The Morgan fingerprint density at radius 2 is 2.05 bits per heavy atom. The summed E-state index contributed by atoms with van der Waals surface area (Å²) in [6.07, 6.45) is 4.79. The van der Waals surface area contributed by atoms with Gasteiger partial charge in [0.05, 0.1) is 18.6 Å². The molecule has 96 valence electrons. The van der Waals surface area contributed by atoms with Crippen molar-refractivity contribution < 1.29 is 0 Å². The SMILES string of the molecule is N/C(=N/N=C/c1ccnnc1)SCc1ccccc1. The van der Waals surface area contributed by atoms with Crippen LogP contribution in [0.1, 0.15) is 11.1 Å². The molecule has 1 aromatic heterocycles. The van der Waals surface area contributed by atoms with E-state index in [0.29, 0.717) is 5.17 Å². The number of amidine groups is 1. The van der Waals surface area contributed by atoms with Gasteiger partial charge in [-0.15, -0.1) is 5.10 Å². The molecule has 5 nitrogen and oxygen atoms in total. The molecule has 0 aliphatic rings. The summed E-state index contributed by atoms with van der Waals surface area (Å²) in [6, 6.07) is 11.9. The monoisotopic (exact) mass is 271 g/mol. The zero-order chi connectivity index (χ0) is 13.3. The van der Waals surface area contributed by atoms with E-state index in [0.717, 1.165) is 11.3 Å². The highest BCUT2D eigenvalue weighted by Gasteiger charge is 1.95. The maximum atomic E-state index is 5.76. The van der Waals surface area contributed by atoms with E-state index in [1.807, 2.05) is 30.3 Å². The van der Waals surface area contributed by atoms with E-state index >= 15 is 0 Å². The van der Waals surface area contributed by atoms with E-state index in [9.17, 15) is 0 Å². The molecule has 0 aliphatic carbocycles. The van der Waals surface area contributed by atoms with Crippen molar-refractivity contribution in [1.82, 2.24) is 10.2 Å². The van der Waals surface area contributed by atoms with Gasteiger partial charge in [0.2, 0.25) is 0 Å². The lowest BCUT2D eigenvalue weighted by molar-refractivity contribution is 1.03. The summed E-state index contributed by atoms with van der Waals surface area (Å²) in [5, 5.41) is 15.7. The summed E-state index contributed by atoms with van der Waals surface area (Å²) < 4.78 is 0. The van der Waals surface area contributed by atoms with Crippen LogP contribution < -0.4 is 5.73 Å². The van der Waals surface area contributed by atoms with Crippen LogP contribution in [0, 0.1) is 0 Å². The van der Waals surface area contributed by atoms with Crippen molar-refractivity contribution in [2.75, 3.05) is 0 Å². The molecule has 0 radical (unpaired) electrons. The minimum absolute atomic E-state index is 0.433. The summed E-state index contributed by atoms with van der Waals surface area (Å²) >= 11 is 1.45. The minimum atomic E-state index is 0.433. The lowest BCUT2D eigenvalue weighted by Crippen LogP contribution is -2.06. The van der Waals surface area contributed by atoms with Crippen LogP contribution in [0.2, 0.25) is 0 Å². The van der Waals surface area contributed by atoms with Crippen LogP contribution in [0.3, 0.4) is 0 Å². The third-order valence-corrected chi connectivity index (χ3v) is 3.05. The average molecular weight is 271 g/mol. The topological polar surface area (TPSA) is 76.5 Å². The second-order valence-electron chi connectivity index (χ2n) is 3.63. The molecule has 2 rings (SSSR count). The molecule has 0 bridgehead atoms. The lowest BCUT2D eigenvalue weighted by Gasteiger charge is -1.99. The fourth-order valence-electron chi connectivity index (χ4n) is 1.29. The van der Waals surface area contributed by atoms with Gasteiger partial charge in [-0.3, -0.25) is 0 Å². The van der Waals surface area contributed by atoms with Gasteiger partial charge >= 0.3 is 0 Å². The average Bonchev–Trinajstić information content (AvgIpc) is 2.47. The third-order valence-electron chi connectivity index (χ3n) is 2.20. The number of aromatic nitrogens is 2. The van der Waals surface area contributed by atoms with Crippen LogP contribution in [0.25, 0.3) is 0 Å². The first-order chi connectivity index (χ1) is 9.34. The number of nitrogens with two attached hydrogens (primary N) is 1. The molecule has 1 aromatic carbocycles. The Morgan fingerprint density at radius 1 is 1.21 bits per heavy atom. The Balaban J connectivity index is 1.85. The fraction of sp³-hybridized carbons (Fsp3) is 0.0769. The van der Waals surface area contributed by atoms with Gasteiger partial charge in [0.15, 0.2) is 5.17 Å². The van der Waals surface area contributed by atoms with Crippen molar-refractivity contribution >= 4 is 23.1 Å². The Labute approximate surface area is 115 Å². The molecule has 0 unspecified atom stereocenters. The van der Waals surface area contributed by atoms with Crippen molar-refractivity contribution in [2.45, 2.75) is 5.75 Å². The molecule has 2 N–H and O–H groups in total. The molecule has 0 amide bonds. The van der Waals surface area contributed by atoms with Gasteiger partial charge in [-0.2, -0.15) is 15.3 Å². The zero-order valence-corrected chi connectivity index (χ0v) is 11.0. The van der Waals surface area contributed by atoms with Gasteiger partial charge in [-0.1, -0.05) is 42.1 Å². The number of rotatable bonds is 4. The number of thioether (sulfide) groups is 1. The summed E-state index contributed by atoms with van der Waals surface area (Å²) in [4.78, 5) is 0. The predicted octanol–water partition coefficient (Wildman–Crippen LogP) is 2.06. The molecule has 0 saturated heterocycles. The largest absolute Gasteiger partial charge is 0.377 e. The van der Waals surface area contributed by atoms with Gasteiger partial charge in [0, 0.05) is 11.3 Å². The first kappa shape index (κ1) is 13.2. The summed E-state index contributed by atoms with van der Waals surface area (Å²) in [6.45, 7) is 0. The molecule has 0 saturated carbocycles. The second kappa shape index (κ2) is 7.27. The van der Waals surface area contributed by atoms with Gasteiger partial charge in [0.1, 0.15) is 0 Å². The quantitative estimate of drug-likeness (QED) is 0.524. The molecule has 6 heteroatoms. The molecule has 19 heavy (non-hydrogen) atoms. The second-order valence-corrected chi connectivity index (χ2v) is 4.63. The highest BCUT2D eigenvalue weighted by atomic mass is 32.2. The number of benzene rings is 1. The van der Waals surface area contributed by atoms with E-state index in [-0.39, 0.29) is 0 Å². The Hall–Kier alpha value is -2.21. The van der Waals surface area contributed by atoms with Gasteiger partial charge < -0.3 is 5.73 Å². The summed E-state index contributed by atoms with van der Waals surface area (Å²) in [5.41, 5.74) is 7.79. The van der Waals surface area contributed by atoms with Crippen LogP contribution >= 0.6 is 11.8 Å². The van der Waals surface area contributed by atoms with E-state index in [1.165, 1.54) is 17.3 Å². The number of hydrogen-bond acceptors (Lipinski definition) is 5. The summed E-state index contributed by atoms with van der Waals surface area (Å²) in [7, 11) is 0. The fourth-order valence-corrected chi connectivity index (χ4v) is 1.90. The standard InChI is InChI=1S/C13H13N5S/c14-13(19-10-11-4-2-1-3-5-11)18-17-9-12-6-7-15-16-8-12/h1-9H,10H2,(H2,14,18)/b17-9+. The Morgan fingerprint density at radius 3 is 2.79 bits per heavy atom. The molecule has 1 heterocycles. The molecular formula is C13H13N5S. The normalized spacial score (nSPS) is 11.9. The maximum Gasteiger partial charge on any atom is 0.180 e. The summed E-state index contributed by atoms with van der Waals surface area (Å²) in [5.74, 6) is 0.780. The van der Waals surface area contributed by atoms with Crippen LogP contribution in [-0.2, 0) is 5.75 Å². The molecular weight excluding hydrogens is 258 g/mol. The molecule has 0 aliphatic heterocycles. The molecule has 2 aromatic rings. The van der Waals surface area contributed by atoms with Crippen molar-refractivity contribution in [3.05, 3.63) is 59.9 Å². The van der Waals surface area contributed by atoms with Crippen LogP contribution in [0.4, 0.5) is 0 Å². The van der Waals surface area contributed by atoms with E-state index < -0.39 is 0 Å². The van der Waals surface area contributed by atoms with Gasteiger partial charge in [-0.05, 0) is 11.6 Å². The lowest BCUT2D eigenvalue weighted by atomic mass is 10.2. The van der Waals surface area contributed by atoms with Crippen LogP contribution in [-0.4, -0.2) is 21.6 Å². The van der Waals surface area contributed by atoms with Crippen molar-refractivity contribution in [1.29, 1.82) is 0 Å². The van der Waals surface area contributed by atoms with Crippen molar-refractivity contribution in [3.63, 3.8) is 0 Å². The highest BCUT2D eigenvalue weighted by molar-refractivity contribution is 8.13. The first-order valence-corrected chi connectivity index (χ1v) is 6.63. The van der Waals surface area contributed by atoms with Crippen molar-refractivity contribution in [2.24, 2.45) is 15.9 Å². The van der Waals surface area contributed by atoms with Gasteiger partial charge in [-0.25, -0.2) is 0 Å². The highest BCUT2D eigenvalue weighted by Crippen LogP contribution is 2.11. The molecule has 0 spiro atoms. The zero-order valence-electron chi connectivity index (χ0n) is 10.2. The van der Waals surface area contributed by atoms with Crippen LogP contribution in [0.5, 0.6) is 0 Å². The predicted molar refractivity (Wildman–Crippen MR) is 79.0 cm³/mol. The Bertz CT molecular complexity index is 554. The molecule has 0 fully saturated rings. The minimum Gasteiger partial charge on any atom is -0.377 e. The first-order valence-electron chi connectivity index (χ1n) is 5.64. The number of hydrogen-bond donors (Lipinski definition) is 1. The van der Waals surface area contributed by atoms with Crippen molar-refractivity contribution in [3.8, 4) is 0 Å². The van der Waals surface area contributed by atoms with Crippen LogP contribution in [0.15, 0.2) is 59.0 Å². The Kier molecular flexibility index (Phi) is 5.06. The van der Waals surface area contributed by atoms with E-state index in [4.69, 9.17) is 5.73 Å². The molecule has 0 atom stereocenters. The smallest absolute Gasteiger partial charge is 0.180 e. The maximum absolute atomic E-state index is 5.76. The van der Waals surface area contributed by atoms with E-state index in [2.05, 4.69) is 20.4 Å². The number of nitrogens with zero attached hydrogens (tertiary/aromatic N) is 4. The third kappa shape index (κ3) is 4.89. The van der Waals surface area contributed by atoms with Gasteiger partial charge in [0.25, 0.3) is 0 Å².